The number of nitrogens with zero attached hydrogens (tertiary/aromatic N) is 3. The molecule has 0 bridgehead atoms. The molecule has 0 unspecified atom stereocenters. The Morgan fingerprint density at radius 2 is 1.67 bits per heavy atom. The molecule has 1 aromatic heterocycles. The van der Waals surface area contributed by atoms with Gasteiger partial charge in [-0.2, -0.15) is 13.2 Å². The zero-order chi connectivity index (χ0) is 34.7. The summed E-state index contributed by atoms with van der Waals surface area (Å²) in [6.45, 7) is 4.21. The molecule has 0 aliphatic carbocycles. The van der Waals surface area contributed by atoms with Crippen molar-refractivity contribution < 1.29 is 32.3 Å². The molecular formula is C34H44ClF3N6O4S. The predicted octanol–water partition coefficient (Wildman–Crippen LogP) is 6.30. The summed E-state index contributed by atoms with van der Waals surface area (Å²) in [5, 5.41) is 12.7. The van der Waals surface area contributed by atoms with Gasteiger partial charge in [-0.1, -0.05) is 11.6 Å². The number of piperidine rings is 3. The van der Waals surface area contributed by atoms with E-state index in [9.17, 15) is 27.6 Å². The van der Waals surface area contributed by atoms with Crippen molar-refractivity contribution >= 4 is 52.3 Å². The molecule has 49 heavy (non-hydrogen) atoms. The summed E-state index contributed by atoms with van der Waals surface area (Å²) < 4.78 is 47.9. The van der Waals surface area contributed by atoms with Crippen LogP contribution in [-0.4, -0.2) is 97.7 Å². The third-order valence-electron chi connectivity index (χ3n) is 10.6. The Morgan fingerprint density at radius 3 is 2.35 bits per heavy atom. The van der Waals surface area contributed by atoms with Crippen LogP contribution < -0.4 is 16.0 Å². The minimum Gasteiger partial charge on any atom is -0.436 e. The van der Waals surface area contributed by atoms with Gasteiger partial charge < -0.3 is 35.4 Å². The molecular weight excluding hydrogens is 681 g/mol. The first-order valence-corrected chi connectivity index (χ1v) is 18.5. The molecule has 15 heteroatoms. The predicted molar refractivity (Wildman–Crippen MR) is 183 cm³/mol. The lowest BCUT2D eigenvalue weighted by molar-refractivity contribution is -0.142. The highest BCUT2D eigenvalue weighted by Gasteiger charge is 2.39. The third kappa shape index (κ3) is 8.23. The fourth-order valence-corrected chi connectivity index (χ4v) is 8.98. The summed E-state index contributed by atoms with van der Waals surface area (Å²) >= 11 is 7.83. The number of hydrogen-bond donors (Lipinski definition) is 3. The van der Waals surface area contributed by atoms with Crippen molar-refractivity contribution in [2.45, 2.75) is 69.7 Å². The van der Waals surface area contributed by atoms with Crippen LogP contribution in [-0.2, 0) is 28.5 Å². The zero-order valence-electron chi connectivity index (χ0n) is 27.6. The van der Waals surface area contributed by atoms with Crippen molar-refractivity contribution in [1.82, 2.24) is 20.0 Å². The first-order chi connectivity index (χ1) is 23.5. The summed E-state index contributed by atoms with van der Waals surface area (Å²) in [6.07, 6.45) is -1.25. The number of amides is 4. The number of halogens is 4. The van der Waals surface area contributed by atoms with E-state index in [0.29, 0.717) is 57.4 Å². The molecule has 4 aliphatic rings. The van der Waals surface area contributed by atoms with Gasteiger partial charge in [-0.3, -0.25) is 4.79 Å². The molecule has 3 saturated heterocycles. The molecule has 4 amide bonds. The molecule has 1 atom stereocenters. The second-order valence-corrected chi connectivity index (χ2v) is 14.6. The molecule has 0 saturated carbocycles. The van der Waals surface area contributed by atoms with Crippen molar-refractivity contribution in [3.05, 3.63) is 44.6 Å². The van der Waals surface area contributed by atoms with Gasteiger partial charge in [-0.05, 0) is 98.5 Å². The Hall–Kier alpha value is -3.23. The summed E-state index contributed by atoms with van der Waals surface area (Å²) in [5.74, 6) is 0.703. The van der Waals surface area contributed by atoms with Gasteiger partial charge in [0.25, 0.3) is 5.91 Å². The number of alkyl halides is 3. The van der Waals surface area contributed by atoms with Crippen LogP contribution in [0.25, 0.3) is 0 Å². The summed E-state index contributed by atoms with van der Waals surface area (Å²) in [7, 11) is 1.36. The number of urea groups is 1. The monoisotopic (exact) mass is 724 g/mol. The average Bonchev–Trinajstić information content (AvgIpc) is 3.47. The topological polar surface area (TPSA) is 106 Å². The fraction of sp³-hybridized carbons (Fsp3) is 0.618. The summed E-state index contributed by atoms with van der Waals surface area (Å²) in [5.41, 5.74) is 0.888. The molecule has 2 aromatic rings. The van der Waals surface area contributed by atoms with Crippen LogP contribution >= 0.6 is 22.9 Å². The van der Waals surface area contributed by atoms with Crippen molar-refractivity contribution in [3.63, 3.8) is 0 Å². The van der Waals surface area contributed by atoms with E-state index in [-0.39, 0.29) is 34.8 Å². The average molecular weight is 725 g/mol. The number of fused-ring (bicyclic) bond motifs is 1. The Bertz CT molecular complexity index is 1500. The molecule has 268 valence electrons. The van der Waals surface area contributed by atoms with Crippen molar-refractivity contribution in [2.24, 2.45) is 11.8 Å². The van der Waals surface area contributed by atoms with Crippen LogP contribution in [0.1, 0.15) is 55.2 Å². The van der Waals surface area contributed by atoms with Gasteiger partial charge in [0.2, 0.25) is 0 Å². The van der Waals surface area contributed by atoms with E-state index >= 15 is 0 Å². The number of carbonyl (C=O) groups is 3. The second-order valence-electron chi connectivity index (χ2n) is 13.5. The molecule has 3 N–H and O–H groups in total. The van der Waals surface area contributed by atoms with Gasteiger partial charge in [0, 0.05) is 57.6 Å². The molecule has 3 fully saturated rings. The summed E-state index contributed by atoms with van der Waals surface area (Å²) in [4.78, 5) is 45.6. The highest BCUT2D eigenvalue weighted by atomic mass is 35.5. The van der Waals surface area contributed by atoms with E-state index in [4.69, 9.17) is 16.3 Å². The van der Waals surface area contributed by atoms with Crippen molar-refractivity contribution in [1.29, 1.82) is 0 Å². The van der Waals surface area contributed by atoms with E-state index in [1.165, 1.54) is 18.0 Å². The van der Waals surface area contributed by atoms with E-state index in [2.05, 4.69) is 16.0 Å². The van der Waals surface area contributed by atoms with Gasteiger partial charge in [-0.25, -0.2) is 9.59 Å². The van der Waals surface area contributed by atoms with Crippen LogP contribution in [0, 0.1) is 11.8 Å². The van der Waals surface area contributed by atoms with Gasteiger partial charge in [0.15, 0.2) is 6.10 Å². The number of likely N-dealkylation sites (tertiary alicyclic amines) is 2. The Balaban J connectivity index is 1.13. The molecule has 10 nitrogen and oxygen atoms in total. The molecule has 4 aliphatic heterocycles. The minimum absolute atomic E-state index is 0.0657. The number of thiophene rings is 1. The number of anilines is 2. The molecule has 0 radical (unpaired) electrons. The number of benzene rings is 1. The Labute approximate surface area is 293 Å². The van der Waals surface area contributed by atoms with E-state index in [0.717, 1.165) is 62.5 Å². The zero-order valence-corrected chi connectivity index (χ0v) is 29.2. The van der Waals surface area contributed by atoms with Crippen molar-refractivity contribution in [3.8, 4) is 0 Å². The first-order valence-electron chi connectivity index (χ1n) is 17.2. The van der Waals surface area contributed by atoms with Crippen LogP contribution in [0.3, 0.4) is 0 Å². The van der Waals surface area contributed by atoms with Gasteiger partial charge in [0.05, 0.1) is 22.0 Å². The summed E-state index contributed by atoms with van der Waals surface area (Å²) in [6, 6.07) is 2.13. The normalized spacial score (nSPS) is 20.8. The Kier molecular flexibility index (Phi) is 11.1. The maximum atomic E-state index is 14.0. The molecule has 1 aromatic carbocycles. The third-order valence-corrected chi connectivity index (χ3v) is 11.7. The van der Waals surface area contributed by atoms with E-state index in [1.807, 2.05) is 15.7 Å². The van der Waals surface area contributed by atoms with Gasteiger partial charge in [0.1, 0.15) is 0 Å². The largest absolute Gasteiger partial charge is 0.436 e. The fourth-order valence-electron chi connectivity index (χ4n) is 7.82. The van der Waals surface area contributed by atoms with E-state index in [1.54, 1.807) is 16.2 Å². The lowest BCUT2D eigenvalue weighted by Crippen LogP contribution is -2.52. The van der Waals surface area contributed by atoms with Crippen LogP contribution in [0.15, 0.2) is 22.9 Å². The standard InChI is InChI=1S/C34H44ClF3N6O4S/c1-39-30-26(34(36,37)38)16-21(17-27(30)35)18-29(31(45)42-11-4-23(5-12-42)22-2-9-40-10-3-22)48-33(47)43-13-7-25(8-14-43)44-15-6-24-19-49-20-28(24)41-32(44)46/h16-17,19-20,22-23,25,29,39-40H,2-15,18H2,1H3,(H,41,46)/t29-/m1/s1. The lowest BCUT2D eigenvalue weighted by atomic mass is 9.79. The molecule has 0 spiro atoms. The van der Waals surface area contributed by atoms with Gasteiger partial charge >= 0.3 is 18.3 Å². The van der Waals surface area contributed by atoms with E-state index < -0.39 is 29.8 Å². The first kappa shape index (κ1) is 35.6. The molecule has 5 heterocycles. The number of ether oxygens (including phenoxy) is 1. The highest BCUT2D eigenvalue weighted by molar-refractivity contribution is 7.08. The molecule has 6 rings (SSSR count). The Morgan fingerprint density at radius 1 is 1.00 bits per heavy atom. The maximum Gasteiger partial charge on any atom is 0.418 e. The number of nitrogens with one attached hydrogen (secondary N) is 3. The number of rotatable bonds is 7. The smallest absolute Gasteiger partial charge is 0.418 e. The maximum absolute atomic E-state index is 14.0. The quantitative estimate of drug-likeness (QED) is 0.310. The minimum atomic E-state index is -4.69. The van der Waals surface area contributed by atoms with Crippen LogP contribution in [0.4, 0.5) is 34.1 Å². The number of carbonyl (C=O) groups excluding carboxylic acids is 3. The van der Waals surface area contributed by atoms with Crippen molar-refractivity contribution in [2.75, 3.05) is 63.5 Å². The lowest BCUT2D eigenvalue weighted by Gasteiger charge is -2.39. The van der Waals surface area contributed by atoms with Crippen LogP contribution in [0.5, 0.6) is 0 Å². The second kappa shape index (κ2) is 15.3. The van der Waals surface area contributed by atoms with Gasteiger partial charge in [-0.15, -0.1) is 11.3 Å². The highest BCUT2D eigenvalue weighted by Crippen LogP contribution is 2.40. The van der Waals surface area contributed by atoms with Crippen LogP contribution in [0.2, 0.25) is 5.02 Å². The SMILES string of the molecule is CNc1c(Cl)cc(C[C@@H](OC(=O)N2CCC(N3CCc4cscc4NC3=O)CC2)C(=O)N2CCC(C3CCNCC3)CC2)cc1C(F)(F)F. The number of hydrogen-bond acceptors (Lipinski definition) is 7.